The van der Waals surface area contributed by atoms with Crippen LogP contribution in [0.5, 0.6) is 0 Å². The summed E-state index contributed by atoms with van der Waals surface area (Å²) in [5.41, 5.74) is 0.883. The second-order valence-corrected chi connectivity index (χ2v) is 9.93. The van der Waals surface area contributed by atoms with Gasteiger partial charge in [-0.3, -0.25) is 9.69 Å². The number of hydrogen-bond acceptors (Lipinski definition) is 7. The fraction of sp³-hybridized carbons (Fsp3) is 0.545. The van der Waals surface area contributed by atoms with Gasteiger partial charge < -0.3 is 9.64 Å². The molecule has 2 saturated heterocycles. The lowest BCUT2D eigenvalue weighted by Crippen LogP contribution is -2.51. The molecule has 0 bridgehead atoms. The van der Waals surface area contributed by atoms with Gasteiger partial charge in [0.1, 0.15) is 6.61 Å². The lowest BCUT2D eigenvalue weighted by Gasteiger charge is -2.39. The first-order valence-corrected chi connectivity index (χ1v) is 12.7. The number of aromatic nitrogens is 2. The van der Waals surface area contributed by atoms with Crippen molar-refractivity contribution in [1.29, 1.82) is 0 Å². The lowest BCUT2D eigenvalue weighted by molar-refractivity contribution is -0.129. The van der Waals surface area contributed by atoms with Crippen LogP contribution < -0.4 is 0 Å². The number of piperidine rings is 1. The summed E-state index contributed by atoms with van der Waals surface area (Å²) in [6.45, 7) is 6.12. The van der Waals surface area contributed by atoms with Gasteiger partial charge in [0.2, 0.25) is 5.91 Å². The lowest BCUT2D eigenvalue weighted by atomic mass is 9.95. The maximum Gasteiger partial charge on any atom is 0.410 e. The van der Waals surface area contributed by atoms with Gasteiger partial charge in [-0.15, -0.1) is 11.3 Å². The third kappa shape index (κ3) is 5.03. The average molecular weight is 461 g/mol. The molecule has 0 aliphatic carbocycles. The summed E-state index contributed by atoms with van der Waals surface area (Å²) in [4.78, 5) is 38.8. The zero-order valence-corrected chi connectivity index (χ0v) is 19.5. The van der Waals surface area contributed by atoms with Crippen LogP contribution in [0.4, 0.5) is 4.79 Å². The first-order valence-electron chi connectivity index (χ1n) is 10.8. The number of cyclic esters (lactones) is 1. The van der Waals surface area contributed by atoms with E-state index < -0.39 is 0 Å². The van der Waals surface area contributed by atoms with Gasteiger partial charge in [0.05, 0.1) is 22.4 Å². The fourth-order valence-corrected chi connectivity index (χ4v) is 5.59. The van der Waals surface area contributed by atoms with Crippen molar-refractivity contribution < 1.29 is 14.3 Å². The highest BCUT2D eigenvalue weighted by molar-refractivity contribution is 7.99. The SMILES string of the molecule is CC[C@H](C)[C@@H]1COC(=O)N1C1CCN(C(=O)CSc2nccc(-c3cccs3)n2)CC1. The minimum atomic E-state index is -0.201. The Kier molecular flexibility index (Phi) is 7.12. The molecule has 4 heterocycles. The normalized spacial score (nSPS) is 20.7. The topological polar surface area (TPSA) is 75.6 Å². The molecule has 2 amide bonds. The van der Waals surface area contributed by atoms with Crippen molar-refractivity contribution in [2.75, 3.05) is 25.4 Å². The van der Waals surface area contributed by atoms with Crippen LogP contribution in [0.1, 0.15) is 33.1 Å². The Morgan fingerprint density at radius 2 is 2.16 bits per heavy atom. The van der Waals surface area contributed by atoms with Crippen molar-refractivity contribution in [2.45, 2.75) is 50.4 Å². The van der Waals surface area contributed by atoms with E-state index in [9.17, 15) is 9.59 Å². The van der Waals surface area contributed by atoms with Crippen LogP contribution in [-0.2, 0) is 9.53 Å². The van der Waals surface area contributed by atoms with E-state index in [1.165, 1.54) is 11.8 Å². The van der Waals surface area contributed by atoms with E-state index in [2.05, 4.69) is 23.8 Å². The highest BCUT2D eigenvalue weighted by atomic mass is 32.2. The van der Waals surface area contributed by atoms with Crippen LogP contribution in [0.3, 0.4) is 0 Å². The first-order chi connectivity index (χ1) is 15.1. The third-order valence-corrected chi connectivity index (χ3v) is 7.93. The monoisotopic (exact) mass is 460 g/mol. The molecular formula is C22H28N4O3S2. The Morgan fingerprint density at radius 3 is 2.87 bits per heavy atom. The summed E-state index contributed by atoms with van der Waals surface area (Å²) in [5, 5.41) is 2.63. The van der Waals surface area contributed by atoms with Gasteiger partial charge in [-0.25, -0.2) is 14.8 Å². The number of rotatable bonds is 7. The van der Waals surface area contributed by atoms with Gasteiger partial charge in [0.25, 0.3) is 0 Å². The first kappa shape index (κ1) is 22.1. The molecule has 2 atom stereocenters. The molecule has 0 aromatic carbocycles. The number of ether oxygens (including phenoxy) is 1. The number of thiophene rings is 1. The van der Waals surface area contributed by atoms with E-state index in [-0.39, 0.29) is 24.1 Å². The zero-order chi connectivity index (χ0) is 21.8. The molecule has 166 valence electrons. The molecule has 7 nitrogen and oxygen atoms in total. The van der Waals surface area contributed by atoms with Crippen LogP contribution in [0.15, 0.2) is 34.9 Å². The molecule has 9 heteroatoms. The molecule has 31 heavy (non-hydrogen) atoms. The molecule has 0 saturated carbocycles. The van der Waals surface area contributed by atoms with Crippen molar-refractivity contribution in [3.8, 4) is 10.6 Å². The Labute approximate surface area is 191 Å². The smallest absolute Gasteiger partial charge is 0.410 e. The van der Waals surface area contributed by atoms with E-state index in [0.717, 1.165) is 29.8 Å². The quantitative estimate of drug-likeness (QED) is 0.456. The summed E-state index contributed by atoms with van der Waals surface area (Å²) in [6.07, 6.45) is 4.14. The molecule has 2 aliphatic rings. The van der Waals surface area contributed by atoms with Gasteiger partial charge in [0, 0.05) is 25.3 Å². The summed E-state index contributed by atoms with van der Waals surface area (Å²) in [6, 6.07) is 6.20. The number of hydrogen-bond donors (Lipinski definition) is 0. The van der Waals surface area contributed by atoms with Crippen LogP contribution >= 0.6 is 23.1 Å². The van der Waals surface area contributed by atoms with E-state index in [1.54, 1.807) is 17.5 Å². The van der Waals surface area contributed by atoms with Crippen LogP contribution in [0.2, 0.25) is 0 Å². The minimum Gasteiger partial charge on any atom is -0.447 e. The van der Waals surface area contributed by atoms with Crippen LogP contribution in [-0.4, -0.2) is 69.3 Å². The third-order valence-electron chi connectivity index (χ3n) is 6.19. The number of likely N-dealkylation sites (tertiary alicyclic amines) is 1. The Bertz CT molecular complexity index is 900. The molecule has 0 N–H and O–H groups in total. The number of thioether (sulfide) groups is 1. The van der Waals surface area contributed by atoms with Crippen LogP contribution in [0.25, 0.3) is 10.6 Å². The molecule has 0 unspecified atom stereocenters. The van der Waals surface area contributed by atoms with Crippen molar-refractivity contribution in [3.63, 3.8) is 0 Å². The maximum atomic E-state index is 12.7. The van der Waals surface area contributed by atoms with Crippen LogP contribution in [0, 0.1) is 5.92 Å². The Morgan fingerprint density at radius 1 is 1.35 bits per heavy atom. The average Bonchev–Trinajstić information content (AvgIpc) is 3.47. The van der Waals surface area contributed by atoms with Gasteiger partial charge in [-0.05, 0) is 36.3 Å². The number of amides is 2. The molecule has 4 rings (SSSR count). The standard InChI is InChI=1S/C22H28N4O3S2/c1-3-15(2)18-13-29-22(28)26(18)16-7-10-25(11-8-16)20(27)14-31-21-23-9-6-17(24-21)19-5-4-12-30-19/h4-6,9,12,15-16,18H,3,7-8,10-11,13-14H2,1-2H3/t15-,18-/m0/s1. The maximum absolute atomic E-state index is 12.7. The van der Waals surface area contributed by atoms with Gasteiger partial charge >= 0.3 is 6.09 Å². The van der Waals surface area contributed by atoms with E-state index in [4.69, 9.17) is 4.74 Å². The second-order valence-electron chi connectivity index (χ2n) is 8.04. The molecule has 2 aromatic rings. The predicted octanol–water partition coefficient (Wildman–Crippen LogP) is 4.16. The van der Waals surface area contributed by atoms with Gasteiger partial charge in [-0.1, -0.05) is 38.1 Å². The highest BCUT2D eigenvalue weighted by Crippen LogP contribution is 2.29. The fourth-order valence-electron chi connectivity index (χ4n) is 4.16. The molecule has 2 aromatic heterocycles. The second kappa shape index (κ2) is 9.99. The van der Waals surface area contributed by atoms with E-state index >= 15 is 0 Å². The highest BCUT2D eigenvalue weighted by Gasteiger charge is 2.41. The Hall–Kier alpha value is -2.13. The molecule has 2 aliphatic heterocycles. The predicted molar refractivity (Wildman–Crippen MR) is 122 cm³/mol. The summed E-state index contributed by atoms with van der Waals surface area (Å²) < 4.78 is 5.34. The van der Waals surface area contributed by atoms with E-state index in [1.807, 2.05) is 33.4 Å². The van der Waals surface area contributed by atoms with Gasteiger partial charge in [-0.2, -0.15) is 0 Å². The minimum absolute atomic E-state index is 0.0936. The number of nitrogens with zero attached hydrogens (tertiary/aromatic N) is 4. The van der Waals surface area contributed by atoms with Gasteiger partial charge in [0.15, 0.2) is 5.16 Å². The molecule has 0 radical (unpaired) electrons. The Balaban J connectivity index is 1.29. The number of carbonyl (C=O) groups excluding carboxylic acids is 2. The zero-order valence-electron chi connectivity index (χ0n) is 17.9. The summed E-state index contributed by atoms with van der Waals surface area (Å²) >= 11 is 3.01. The summed E-state index contributed by atoms with van der Waals surface area (Å²) in [7, 11) is 0. The summed E-state index contributed by atoms with van der Waals surface area (Å²) in [5.74, 6) is 0.823. The number of carbonyl (C=O) groups is 2. The largest absolute Gasteiger partial charge is 0.447 e. The van der Waals surface area contributed by atoms with Crippen molar-refractivity contribution >= 4 is 35.1 Å². The molecular weight excluding hydrogens is 432 g/mol. The van der Waals surface area contributed by atoms with Crippen molar-refractivity contribution in [1.82, 2.24) is 19.8 Å². The van der Waals surface area contributed by atoms with E-state index in [0.29, 0.717) is 36.5 Å². The molecule has 2 fully saturated rings. The molecule has 0 spiro atoms. The van der Waals surface area contributed by atoms with Crippen molar-refractivity contribution in [3.05, 3.63) is 29.8 Å². The van der Waals surface area contributed by atoms with Crippen molar-refractivity contribution in [2.24, 2.45) is 5.92 Å².